The standard InChI is InChI=1S/C7H10N3O4/c1-13-5(14-2)3-10-4-8-9-6(11)7(10)12/h5H,3H2,1-2H3,(H,9,11). The first-order valence-corrected chi connectivity index (χ1v) is 3.82. The summed E-state index contributed by atoms with van der Waals surface area (Å²) in [5.74, 6) is 0. The van der Waals surface area contributed by atoms with Crippen LogP contribution in [0, 0.1) is 6.33 Å². The van der Waals surface area contributed by atoms with Crippen molar-refractivity contribution < 1.29 is 9.47 Å². The van der Waals surface area contributed by atoms with Crippen molar-refractivity contribution in [3.8, 4) is 0 Å². The van der Waals surface area contributed by atoms with Crippen LogP contribution in [0.5, 0.6) is 0 Å². The molecule has 0 saturated heterocycles. The van der Waals surface area contributed by atoms with Crippen molar-refractivity contribution in [1.82, 2.24) is 14.8 Å². The molecule has 0 fully saturated rings. The van der Waals surface area contributed by atoms with Crippen LogP contribution in [-0.2, 0) is 16.0 Å². The highest BCUT2D eigenvalue weighted by atomic mass is 16.7. The number of ether oxygens (including phenoxy) is 2. The predicted molar refractivity (Wildman–Crippen MR) is 45.8 cm³/mol. The van der Waals surface area contributed by atoms with Crippen LogP contribution in [0.25, 0.3) is 0 Å². The van der Waals surface area contributed by atoms with E-state index in [9.17, 15) is 9.59 Å². The molecule has 1 N–H and O–H groups in total. The molecule has 1 rings (SSSR count). The molecule has 1 aromatic heterocycles. The van der Waals surface area contributed by atoms with E-state index in [1.165, 1.54) is 14.2 Å². The van der Waals surface area contributed by atoms with E-state index in [1.807, 2.05) is 5.10 Å². The second-order valence-corrected chi connectivity index (χ2v) is 2.47. The minimum absolute atomic E-state index is 0.0722. The van der Waals surface area contributed by atoms with Gasteiger partial charge in [-0.25, -0.2) is 5.10 Å². The molecule has 77 valence electrons. The quantitative estimate of drug-likeness (QED) is 0.465. The Morgan fingerprint density at radius 3 is 2.71 bits per heavy atom. The van der Waals surface area contributed by atoms with Gasteiger partial charge in [-0.15, -0.1) is 0 Å². The maximum absolute atomic E-state index is 11.2. The largest absolute Gasteiger partial charge is 0.354 e. The SMILES string of the molecule is COC(Cn1[c]n[nH]c(=O)c1=O)OC. The fourth-order valence-corrected chi connectivity index (χ4v) is 0.870. The van der Waals surface area contributed by atoms with E-state index in [0.29, 0.717) is 0 Å². The van der Waals surface area contributed by atoms with Crippen LogP contribution in [0.2, 0.25) is 0 Å². The highest BCUT2D eigenvalue weighted by Gasteiger charge is 2.09. The summed E-state index contributed by atoms with van der Waals surface area (Å²) < 4.78 is 10.7. The van der Waals surface area contributed by atoms with Crippen LogP contribution in [0.1, 0.15) is 0 Å². The zero-order valence-corrected chi connectivity index (χ0v) is 7.81. The smallest absolute Gasteiger partial charge is 0.330 e. The Labute approximate surface area is 79.3 Å². The summed E-state index contributed by atoms with van der Waals surface area (Å²) in [6, 6.07) is 0. The number of hydrogen-bond donors (Lipinski definition) is 1. The Morgan fingerprint density at radius 1 is 1.50 bits per heavy atom. The lowest BCUT2D eigenvalue weighted by atomic mass is 10.6. The monoisotopic (exact) mass is 200 g/mol. The molecule has 0 spiro atoms. The Morgan fingerprint density at radius 2 is 2.14 bits per heavy atom. The van der Waals surface area contributed by atoms with E-state index in [1.54, 1.807) is 0 Å². The molecule has 14 heavy (non-hydrogen) atoms. The fourth-order valence-electron chi connectivity index (χ4n) is 0.870. The average Bonchev–Trinajstić information content (AvgIpc) is 2.20. The van der Waals surface area contributed by atoms with E-state index in [0.717, 1.165) is 4.57 Å². The fraction of sp³-hybridized carbons (Fsp3) is 0.571. The topological polar surface area (TPSA) is 86.2 Å². The lowest BCUT2D eigenvalue weighted by Gasteiger charge is -2.13. The third kappa shape index (κ3) is 2.27. The lowest BCUT2D eigenvalue weighted by molar-refractivity contribution is -0.111. The van der Waals surface area contributed by atoms with Gasteiger partial charge in [-0.2, -0.15) is 5.10 Å². The molecule has 0 bridgehead atoms. The Balaban J connectivity index is 2.92. The van der Waals surface area contributed by atoms with Gasteiger partial charge < -0.3 is 9.47 Å². The Hall–Kier alpha value is -1.47. The van der Waals surface area contributed by atoms with Crippen LogP contribution >= 0.6 is 0 Å². The molecular formula is C7H10N3O4. The minimum Gasteiger partial charge on any atom is -0.354 e. The van der Waals surface area contributed by atoms with E-state index in [2.05, 4.69) is 11.4 Å². The van der Waals surface area contributed by atoms with Gasteiger partial charge in [0.05, 0.1) is 6.54 Å². The number of nitrogens with zero attached hydrogens (tertiary/aromatic N) is 2. The molecular weight excluding hydrogens is 190 g/mol. The zero-order chi connectivity index (χ0) is 10.6. The maximum Gasteiger partial charge on any atom is 0.330 e. The molecule has 0 atom stereocenters. The molecule has 0 aliphatic rings. The third-order valence-electron chi connectivity index (χ3n) is 1.62. The van der Waals surface area contributed by atoms with E-state index in [-0.39, 0.29) is 6.54 Å². The number of rotatable bonds is 4. The molecule has 0 unspecified atom stereocenters. The van der Waals surface area contributed by atoms with Gasteiger partial charge in [0.15, 0.2) is 6.29 Å². The van der Waals surface area contributed by atoms with Crippen molar-refractivity contribution in [2.75, 3.05) is 14.2 Å². The van der Waals surface area contributed by atoms with Gasteiger partial charge in [0.2, 0.25) is 6.33 Å². The van der Waals surface area contributed by atoms with E-state index < -0.39 is 17.4 Å². The lowest BCUT2D eigenvalue weighted by Crippen LogP contribution is -2.39. The molecule has 0 aromatic carbocycles. The van der Waals surface area contributed by atoms with Gasteiger partial charge in [0, 0.05) is 14.2 Å². The molecule has 1 heterocycles. The van der Waals surface area contributed by atoms with Gasteiger partial charge in [0.25, 0.3) is 0 Å². The number of nitrogens with one attached hydrogen (secondary N) is 1. The first-order valence-electron chi connectivity index (χ1n) is 3.82. The molecule has 7 heteroatoms. The molecule has 7 nitrogen and oxygen atoms in total. The maximum atomic E-state index is 11.2. The van der Waals surface area contributed by atoms with Gasteiger partial charge in [-0.1, -0.05) is 0 Å². The molecule has 0 amide bonds. The Bertz CT molecular complexity index is 392. The molecule has 0 saturated carbocycles. The van der Waals surface area contributed by atoms with Gasteiger partial charge in [-0.05, 0) is 0 Å². The summed E-state index contributed by atoms with van der Waals surface area (Å²) in [6.07, 6.45) is 1.71. The first kappa shape index (κ1) is 10.6. The average molecular weight is 200 g/mol. The summed E-state index contributed by atoms with van der Waals surface area (Å²) in [5.41, 5.74) is -1.53. The Kier molecular flexibility index (Phi) is 3.55. The highest BCUT2D eigenvalue weighted by molar-refractivity contribution is 4.73. The molecule has 1 radical (unpaired) electrons. The van der Waals surface area contributed by atoms with Crippen LogP contribution in [0.15, 0.2) is 9.59 Å². The summed E-state index contributed by atoms with van der Waals surface area (Å²) in [7, 11) is 2.86. The number of methoxy groups -OCH3 is 2. The molecule has 0 aliphatic carbocycles. The van der Waals surface area contributed by atoms with Gasteiger partial charge in [0.1, 0.15) is 0 Å². The van der Waals surface area contributed by atoms with Crippen molar-refractivity contribution in [2.24, 2.45) is 0 Å². The van der Waals surface area contributed by atoms with E-state index in [4.69, 9.17) is 9.47 Å². The number of aromatic amines is 1. The van der Waals surface area contributed by atoms with Crippen LogP contribution in [0.3, 0.4) is 0 Å². The summed E-state index contributed by atoms with van der Waals surface area (Å²) in [4.78, 5) is 22.0. The van der Waals surface area contributed by atoms with Crippen molar-refractivity contribution in [2.45, 2.75) is 12.8 Å². The number of hydrogen-bond acceptors (Lipinski definition) is 5. The first-order chi connectivity index (χ1) is 6.69. The summed E-state index contributed by atoms with van der Waals surface area (Å²) in [5, 5.41) is 5.33. The normalized spacial score (nSPS) is 10.8. The van der Waals surface area contributed by atoms with Crippen LogP contribution < -0.4 is 11.1 Å². The summed E-state index contributed by atoms with van der Waals surface area (Å²) in [6.45, 7) is 0.0722. The van der Waals surface area contributed by atoms with E-state index >= 15 is 0 Å². The van der Waals surface area contributed by atoms with Gasteiger partial charge >= 0.3 is 11.1 Å². The highest BCUT2D eigenvalue weighted by Crippen LogP contribution is 1.92. The van der Waals surface area contributed by atoms with Gasteiger partial charge in [-0.3, -0.25) is 14.2 Å². The molecule has 1 aromatic rings. The van der Waals surface area contributed by atoms with Crippen molar-refractivity contribution in [3.63, 3.8) is 0 Å². The second-order valence-electron chi connectivity index (χ2n) is 2.47. The third-order valence-corrected chi connectivity index (χ3v) is 1.62. The van der Waals surface area contributed by atoms with Crippen LogP contribution in [-0.4, -0.2) is 35.3 Å². The number of H-pyrrole nitrogens is 1. The van der Waals surface area contributed by atoms with Crippen molar-refractivity contribution in [3.05, 3.63) is 27.0 Å². The van der Waals surface area contributed by atoms with Crippen LogP contribution in [0.4, 0.5) is 0 Å². The number of aromatic nitrogens is 3. The predicted octanol–water partition coefficient (Wildman–Crippen LogP) is -1.65. The summed E-state index contributed by atoms with van der Waals surface area (Å²) >= 11 is 0. The minimum atomic E-state index is -0.797. The zero-order valence-electron chi connectivity index (χ0n) is 7.81. The van der Waals surface area contributed by atoms with Crippen molar-refractivity contribution >= 4 is 0 Å². The second kappa shape index (κ2) is 4.68. The van der Waals surface area contributed by atoms with Crippen molar-refractivity contribution in [1.29, 1.82) is 0 Å². The molecule has 0 aliphatic heterocycles.